The van der Waals surface area contributed by atoms with E-state index in [1.807, 2.05) is 24.3 Å². The van der Waals surface area contributed by atoms with E-state index in [4.69, 9.17) is 15.0 Å². The highest BCUT2D eigenvalue weighted by Gasteiger charge is 2.19. The summed E-state index contributed by atoms with van der Waals surface area (Å²) in [5.74, 6) is 1.11. The molecule has 25 heavy (non-hydrogen) atoms. The van der Waals surface area contributed by atoms with Crippen molar-refractivity contribution >= 4 is 17.2 Å². The van der Waals surface area contributed by atoms with Crippen molar-refractivity contribution in [2.24, 2.45) is 5.73 Å². The summed E-state index contributed by atoms with van der Waals surface area (Å²) in [5.41, 5.74) is 6.60. The van der Waals surface area contributed by atoms with Crippen LogP contribution in [0.1, 0.15) is 34.4 Å². The molecule has 0 aliphatic heterocycles. The van der Waals surface area contributed by atoms with Crippen LogP contribution in [0.4, 0.5) is 0 Å². The zero-order valence-electron chi connectivity index (χ0n) is 13.7. The Balaban J connectivity index is 1.71. The molecule has 1 unspecified atom stereocenters. The van der Waals surface area contributed by atoms with Gasteiger partial charge in [0.25, 0.3) is 5.91 Å². The predicted octanol–water partition coefficient (Wildman–Crippen LogP) is 2.15. The molecule has 3 N–H and O–H groups in total. The van der Waals surface area contributed by atoms with Crippen molar-refractivity contribution in [1.29, 1.82) is 0 Å². The summed E-state index contributed by atoms with van der Waals surface area (Å²) >= 11 is 1.35. The number of hydrogen-bond acceptors (Lipinski definition) is 8. The molecular formula is C16H17N5O3S. The van der Waals surface area contributed by atoms with Gasteiger partial charge in [-0.25, -0.2) is 4.98 Å². The van der Waals surface area contributed by atoms with Crippen molar-refractivity contribution < 1.29 is 14.1 Å². The zero-order chi connectivity index (χ0) is 17.8. The number of nitrogens with two attached hydrogens (primary N) is 1. The average Bonchev–Trinajstić information content (AvgIpc) is 3.31. The number of thiazole rings is 1. The topological polar surface area (TPSA) is 116 Å². The fourth-order valence-corrected chi connectivity index (χ4v) is 2.79. The molecule has 130 valence electrons. The van der Waals surface area contributed by atoms with Crippen molar-refractivity contribution in [2.45, 2.75) is 19.5 Å². The fraction of sp³-hybridized carbons (Fsp3) is 0.250. The summed E-state index contributed by atoms with van der Waals surface area (Å²) in [7, 11) is 1.59. The van der Waals surface area contributed by atoms with E-state index in [0.717, 1.165) is 5.56 Å². The number of nitrogens with zero attached hydrogens (tertiary/aromatic N) is 3. The van der Waals surface area contributed by atoms with Gasteiger partial charge in [-0.1, -0.05) is 17.3 Å². The first-order chi connectivity index (χ1) is 12.1. The molecule has 3 aromatic rings. The molecule has 2 heterocycles. The van der Waals surface area contributed by atoms with Crippen molar-refractivity contribution in [3.63, 3.8) is 0 Å². The number of nitrogens with one attached hydrogen (secondary N) is 1. The maximum atomic E-state index is 12.2. The molecule has 1 atom stereocenters. The summed E-state index contributed by atoms with van der Waals surface area (Å²) < 4.78 is 10.4. The number of amides is 1. The highest BCUT2D eigenvalue weighted by atomic mass is 32.1. The molecule has 9 heteroatoms. The van der Waals surface area contributed by atoms with E-state index < -0.39 is 6.04 Å². The Labute approximate surface area is 148 Å². The van der Waals surface area contributed by atoms with Crippen molar-refractivity contribution in [3.8, 4) is 17.1 Å². The van der Waals surface area contributed by atoms with E-state index in [2.05, 4.69) is 20.4 Å². The average molecular weight is 359 g/mol. The van der Waals surface area contributed by atoms with Crippen LogP contribution in [0.25, 0.3) is 11.4 Å². The summed E-state index contributed by atoms with van der Waals surface area (Å²) in [4.78, 5) is 20.7. The van der Waals surface area contributed by atoms with E-state index in [-0.39, 0.29) is 5.91 Å². The lowest BCUT2D eigenvalue weighted by Gasteiger charge is -2.07. The minimum absolute atomic E-state index is 0.306. The highest BCUT2D eigenvalue weighted by molar-refractivity contribution is 7.09. The van der Waals surface area contributed by atoms with Crippen LogP contribution in [0.5, 0.6) is 5.75 Å². The molecule has 0 radical (unpaired) electrons. The summed E-state index contributed by atoms with van der Waals surface area (Å²) in [5, 5.41) is 9.11. The first kappa shape index (κ1) is 17.1. The molecule has 0 aliphatic carbocycles. The zero-order valence-corrected chi connectivity index (χ0v) is 14.5. The second kappa shape index (κ2) is 7.41. The number of ether oxygens (including phenoxy) is 1. The Bertz CT molecular complexity index is 876. The third kappa shape index (κ3) is 3.83. The summed E-state index contributed by atoms with van der Waals surface area (Å²) in [6.07, 6.45) is 0. The molecule has 2 aromatic heterocycles. The van der Waals surface area contributed by atoms with Gasteiger partial charge in [0.1, 0.15) is 22.5 Å². The standard InChI is InChI=1S/C16H17N5O3S/c1-9(18-15(22)12-8-25-13(7-17)19-12)16-20-14(21-24-16)10-4-3-5-11(6-10)23-2/h3-6,8-9H,7,17H2,1-2H3,(H,18,22). The normalized spacial score (nSPS) is 12.0. The number of carbonyl (C=O) groups excluding carboxylic acids is 1. The van der Waals surface area contributed by atoms with Gasteiger partial charge in [-0.15, -0.1) is 11.3 Å². The van der Waals surface area contributed by atoms with Crippen LogP contribution >= 0.6 is 11.3 Å². The van der Waals surface area contributed by atoms with Crippen LogP contribution in [0.3, 0.4) is 0 Å². The Hall–Kier alpha value is -2.78. The summed E-state index contributed by atoms with van der Waals surface area (Å²) in [6, 6.07) is 6.87. The molecule has 0 spiro atoms. The molecule has 0 saturated carbocycles. The lowest BCUT2D eigenvalue weighted by atomic mass is 10.2. The number of aromatic nitrogens is 3. The van der Waals surface area contributed by atoms with E-state index in [1.54, 1.807) is 19.4 Å². The minimum Gasteiger partial charge on any atom is -0.497 e. The smallest absolute Gasteiger partial charge is 0.271 e. The van der Waals surface area contributed by atoms with Crippen LogP contribution in [0, 0.1) is 0 Å². The monoisotopic (exact) mass is 359 g/mol. The molecule has 3 rings (SSSR count). The molecular weight excluding hydrogens is 342 g/mol. The van der Waals surface area contributed by atoms with Crippen LogP contribution in [0.15, 0.2) is 34.2 Å². The van der Waals surface area contributed by atoms with Gasteiger partial charge in [0.15, 0.2) is 0 Å². The van der Waals surface area contributed by atoms with Crippen molar-refractivity contribution in [1.82, 2.24) is 20.4 Å². The number of methoxy groups -OCH3 is 1. The highest BCUT2D eigenvalue weighted by Crippen LogP contribution is 2.23. The van der Waals surface area contributed by atoms with E-state index in [9.17, 15) is 4.79 Å². The quantitative estimate of drug-likeness (QED) is 0.692. The lowest BCUT2D eigenvalue weighted by molar-refractivity contribution is 0.0928. The third-order valence-corrected chi connectivity index (χ3v) is 4.32. The maximum Gasteiger partial charge on any atom is 0.271 e. The van der Waals surface area contributed by atoms with Crippen LogP contribution < -0.4 is 15.8 Å². The third-order valence-electron chi connectivity index (χ3n) is 3.45. The molecule has 1 amide bonds. The molecule has 8 nitrogen and oxygen atoms in total. The lowest BCUT2D eigenvalue weighted by Crippen LogP contribution is -2.27. The molecule has 0 aliphatic rings. The van der Waals surface area contributed by atoms with Gasteiger partial charge in [0.05, 0.1) is 7.11 Å². The first-order valence-electron chi connectivity index (χ1n) is 7.54. The number of rotatable bonds is 6. The van der Waals surface area contributed by atoms with E-state index in [1.165, 1.54) is 11.3 Å². The molecule has 0 saturated heterocycles. The second-order valence-electron chi connectivity index (χ2n) is 5.21. The van der Waals surface area contributed by atoms with Gasteiger partial charge < -0.3 is 20.3 Å². The van der Waals surface area contributed by atoms with Gasteiger partial charge in [-0.3, -0.25) is 4.79 Å². The largest absolute Gasteiger partial charge is 0.497 e. The molecule has 1 aromatic carbocycles. The fourth-order valence-electron chi connectivity index (χ4n) is 2.13. The molecule has 0 fully saturated rings. The number of benzene rings is 1. The van der Waals surface area contributed by atoms with Gasteiger partial charge in [0, 0.05) is 17.5 Å². The number of carbonyl (C=O) groups is 1. The van der Waals surface area contributed by atoms with Crippen molar-refractivity contribution in [3.05, 3.63) is 46.2 Å². The number of hydrogen-bond donors (Lipinski definition) is 2. The van der Waals surface area contributed by atoms with Gasteiger partial charge in [0.2, 0.25) is 11.7 Å². The SMILES string of the molecule is COc1cccc(-c2noc(C(C)NC(=O)c3csc(CN)n3)n2)c1. The maximum absolute atomic E-state index is 12.2. The second-order valence-corrected chi connectivity index (χ2v) is 6.16. The Kier molecular flexibility index (Phi) is 5.05. The minimum atomic E-state index is -0.456. The van der Waals surface area contributed by atoms with E-state index >= 15 is 0 Å². The van der Waals surface area contributed by atoms with Crippen LogP contribution in [-0.4, -0.2) is 28.1 Å². The van der Waals surface area contributed by atoms with Crippen LogP contribution in [0.2, 0.25) is 0 Å². The first-order valence-corrected chi connectivity index (χ1v) is 8.42. The van der Waals surface area contributed by atoms with Gasteiger partial charge in [-0.2, -0.15) is 4.98 Å². The van der Waals surface area contributed by atoms with Gasteiger partial charge in [-0.05, 0) is 19.1 Å². The van der Waals surface area contributed by atoms with Crippen LogP contribution in [-0.2, 0) is 6.54 Å². The Morgan fingerprint density at radius 3 is 3.00 bits per heavy atom. The predicted molar refractivity (Wildman–Crippen MR) is 92.2 cm³/mol. The van der Waals surface area contributed by atoms with Crippen molar-refractivity contribution in [2.75, 3.05) is 7.11 Å². The molecule has 0 bridgehead atoms. The van der Waals surface area contributed by atoms with E-state index in [0.29, 0.717) is 34.7 Å². The Morgan fingerprint density at radius 1 is 1.44 bits per heavy atom. The Morgan fingerprint density at radius 2 is 2.28 bits per heavy atom. The summed E-state index contributed by atoms with van der Waals surface area (Å²) in [6.45, 7) is 2.07. The van der Waals surface area contributed by atoms with Gasteiger partial charge >= 0.3 is 0 Å².